The molecule has 1 aromatic carbocycles. The normalized spacial score (nSPS) is 21.7. The first kappa shape index (κ1) is 17.0. The summed E-state index contributed by atoms with van der Waals surface area (Å²) in [5.41, 5.74) is 3.62. The van der Waals surface area contributed by atoms with Crippen LogP contribution in [0.1, 0.15) is 40.3 Å². The average molecular weight is 365 g/mol. The van der Waals surface area contributed by atoms with Crippen molar-refractivity contribution in [3.8, 4) is 0 Å². The largest absolute Gasteiger partial charge is 0.337 e. The third kappa shape index (κ3) is 3.07. The van der Waals surface area contributed by atoms with Crippen LogP contribution in [-0.2, 0) is 26.1 Å². The van der Waals surface area contributed by atoms with E-state index in [0.717, 1.165) is 64.4 Å². The molecule has 1 amide bonds. The number of nitrogens with one attached hydrogen (secondary N) is 1. The zero-order valence-electron chi connectivity index (χ0n) is 15.9. The third-order valence-corrected chi connectivity index (χ3v) is 6.52. The van der Waals surface area contributed by atoms with Crippen LogP contribution in [-0.4, -0.2) is 57.5 Å². The van der Waals surface area contributed by atoms with E-state index in [2.05, 4.69) is 51.1 Å². The number of fused-ring (bicyclic) bond motifs is 2. The highest BCUT2D eigenvalue weighted by molar-refractivity contribution is 5.92. The molecule has 27 heavy (non-hydrogen) atoms. The van der Waals surface area contributed by atoms with E-state index in [1.807, 2.05) is 11.1 Å². The zero-order chi connectivity index (χ0) is 18.4. The first-order valence-electron chi connectivity index (χ1n) is 9.98. The first-order valence-corrected chi connectivity index (χ1v) is 9.98. The van der Waals surface area contributed by atoms with Gasteiger partial charge in [0.1, 0.15) is 11.5 Å². The van der Waals surface area contributed by atoms with Gasteiger partial charge in [-0.15, -0.1) is 0 Å². The Kier molecular flexibility index (Phi) is 4.06. The topological polar surface area (TPSA) is 53.4 Å². The second-order valence-corrected chi connectivity index (χ2v) is 8.35. The lowest BCUT2D eigenvalue weighted by atomic mass is 9.78. The maximum Gasteiger partial charge on any atom is 0.274 e. The number of benzene rings is 1. The minimum Gasteiger partial charge on any atom is -0.337 e. The molecule has 5 rings (SSSR count). The number of carbonyl (C=O) groups excluding carboxylic acids is 1. The third-order valence-electron chi connectivity index (χ3n) is 6.52. The Morgan fingerprint density at radius 3 is 2.70 bits per heavy atom. The Bertz CT molecular complexity index is 865. The predicted octanol–water partition coefficient (Wildman–Crippen LogP) is 1.65. The Labute approximate surface area is 160 Å². The van der Waals surface area contributed by atoms with E-state index in [0.29, 0.717) is 5.69 Å². The number of amides is 1. The molecule has 0 radical (unpaired) electrons. The molecule has 6 nitrogen and oxygen atoms in total. The summed E-state index contributed by atoms with van der Waals surface area (Å²) in [6.45, 7) is 5.28. The van der Waals surface area contributed by atoms with Crippen molar-refractivity contribution in [2.75, 3.05) is 26.7 Å². The molecule has 4 heterocycles. The van der Waals surface area contributed by atoms with Gasteiger partial charge in [-0.05, 0) is 37.4 Å². The van der Waals surface area contributed by atoms with Crippen LogP contribution in [0.4, 0.5) is 0 Å². The molecule has 0 bridgehead atoms. The van der Waals surface area contributed by atoms with Crippen molar-refractivity contribution in [2.24, 2.45) is 0 Å². The molecule has 142 valence electrons. The van der Waals surface area contributed by atoms with Gasteiger partial charge in [0.25, 0.3) is 5.91 Å². The van der Waals surface area contributed by atoms with Gasteiger partial charge in [-0.25, -0.2) is 4.98 Å². The van der Waals surface area contributed by atoms with Crippen molar-refractivity contribution < 1.29 is 4.79 Å². The SMILES string of the molecule is CN1CCn2cc(C(=O)N3CCC4(CC3)Cc3ccccc3CN4)nc2C1. The minimum absolute atomic E-state index is 0.0885. The molecule has 0 unspecified atom stereocenters. The van der Waals surface area contributed by atoms with Gasteiger partial charge in [-0.1, -0.05) is 24.3 Å². The van der Waals surface area contributed by atoms with Crippen LogP contribution in [0.25, 0.3) is 0 Å². The van der Waals surface area contributed by atoms with E-state index in [9.17, 15) is 4.79 Å². The second kappa shape index (κ2) is 6.46. The lowest BCUT2D eigenvalue weighted by Crippen LogP contribution is -2.57. The van der Waals surface area contributed by atoms with E-state index in [1.54, 1.807) is 0 Å². The quantitative estimate of drug-likeness (QED) is 0.835. The number of imidazole rings is 1. The van der Waals surface area contributed by atoms with Gasteiger partial charge < -0.3 is 14.8 Å². The van der Waals surface area contributed by atoms with E-state index >= 15 is 0 Å². The lowest BCUT2D eigenvalue weighted by Gasteiger charge is -2.45. The summed E-state index contributed by atoms with van der Waals surface area (Å²) in [6.07, 6.45) is 5.02. The van der Waals surface area contributed by atoms with Gasteiger partial charge in [0.15, 0.2) is 0 Å². The van der Waals surface area contributed by atoms with Gasteiger partial charge in [0, 0.05) is 44.5 Å². The van der Waals surface area contributed by atoms with Gasteiger partial charge in [-0.3, -0.25) is 9.69 Å². The maximum absolute atomic E-state index is 13.0. The molecule has 1 aromatic heterocycles. The highest BCUT2D eigenvalue weighted by Crippen LogP contribution is 2.32. The predicted molar refractivity (Wildman–Crippen MR) is 103 cm³/mol. The number of rotatable bonds is 1. The summed E-state index contributed by atoms with van der Waals surface area (Å²) >= 11 is 0. The molecular weight excluding hydrogens is 338 g/mol. The van der Waals surface area contributed by atoms with E-state index in [1.165, 1.54) is 11.1 Å². The molecule has 1 fully saturated rings. The van der Waals surface area contributed by atoms with Crippen LogP contribution in [0.2, 0.25) is 0 Å². The van der Waals surface area contributed by atoms with Crippen LogP contribution in [0.15, 0.2) is 30.5 Å². The van der Waals surface area contributed by atoms with Crippen molar-refractivity contribution in [2.45, 2.75) is 44.4 Å². The van der Waals surface area contributed by atoms with Crippen LogP contribution < -0.4 is 5.32 Å². The van der Waals surface area contributed by atoms with E-state index in [-0.39, 0.29) is 11.4 Å². The van der Waals surface area contributed by atoms with Crippen molar-refractivity contribution in [1.82, 2.24) is 24.7 Å². The first-order chi connectivity index (χ1) is 13.1. The molecule has 0 saturated carbocycles. The summed E-state index contributed by atoms with van der Waals surface area (Å²) in [5.74, 6) is 1.09. The summed E-state index contributed by atoms with van der Waals surface area (Å²) in [7, 11) is 2.10. The molecule has 0 aliphatic carbocycles. The molecule has 1 saturated heterocycles. The summed E-state index contributed by atoms with van der Waals surface area (Å²) < 4.78 is 2.14. The fourth-order valence-electron chi connectivity index (χ4n) is 4.74. The highest BCUT2D eigenvalue weighted by Gasteiger charge is 2.38. The van der Waals surface area contributed by atoms with Crippen LogP contribution in [0.5, 0.6) is 0 Å². The van der Waals surface area contributed by atoms with Gasteiger partial charge in [0.2, 0.25) is 0 Å². The zero-order valence-corrected chi connectivity index (χ0v) is 15.9. The molecular formula is C21H27N5O. The number of hydrogen-bond donors (Lipinski definition) is 1. The van der Waals surface area contributed by atoms with Gasteiger partial charge >= 0.3 is 0 Å². The number of piperidine rings is 1. The van der Waals surface area contributed by atoms with E-state index < -0.39 is 0 Å². The molecule has 6 heteroatoms. The van der Waals surface area contributed by atoms with Gasteiger partial charge in [0.05, 0.1) is 6.54 Å². The summed E-state index contributed by atoms with van der Waals surface area (Å²) in [5, 5.41) is 3.77. The molecule has 3 aliphatic heterocycles. The number of likely N-dealkylation sites (N-methyl/N-ethyl adjacent to an activating group) is 1. The Morgan fingerprint density at radius 1 is 1.11 bits per heavy atom. The Morgan fingerprint density at radius 2 is 1.89 bits per heavy atom. The molecule has 0 atom stereocenters. The monoisotopic (exact) mass is 365 g/mol. The summed E-state index contributed by atoms with van der Waals surface area (Å²) in [6, 6.07) is 8.71. The number of likely N-dealkylation sites (tertiary alicyclic amines) is 1. The molecule has 1 spiro atoms. The van der Waals surface area contributed by atoms with Crippen molar-refractivity contribution >= 4 is 5.91 Å². The molecule has 1 N–H and O–H groups in total. The number of aromatic nitrogens is 2. The number of nitrogens with zero attached hydrogens (tertiary/aromatic N) is 4. The lowest BCUT2D eigenvalue weighted by molar-refractivity contribution is 0.0625. The number of hydrogen-bond acceptors (Lipinski definition) is 4. The smallest absolute Gasteiger partial charge is 0.274 e. The fourth-order valence-corrected chi connectivity index (χ4v) is 4.74. The van der Waals surface area contributed by atoms with Gasteiger partial charge in [-0.2, -0.15) is 0 Å². The minimum atomic E-state index is 0.0885. The fraction of sp³-hybridized carbons (Fsp3) is 0.524. The maximum atomic E-state index is 13.0. The van der Waals surface area contributed by atoms with E-state index in [4.69, 9.17) is 0 Å². The Hall–Kier alpha value is -2.18. The average Bonchev–Trinajstić information content (AvgIpc) is 3.11. The van der Waals surface area contributed by atoms with Crippen molar-refractivity contribution in [1.29, 1.82) is 0 Å². The highest BCUT2D eigenvalue weighted by atomic mass is 16.2. The standard InChI is InChI=1S/C21H27N5O/c1-24-10-11-26-14-18(23-19(26)15-24)20(27)25-8-6-21(7-9-25)12-16-4-2-3-5-17(16)13-22-21/h2-5,14,22H,6-13,15H2,1H3. The van der Waals surface area contributed by atoms with Crippen LogP contribution in [0, 0.1) is 0 Å². The van der Waals surface area contributed by atoms with Crippen molar-refractivity contribution in [3.63, 3.8) is 0 Å². The van der Waals surface area contributed by atoms with Crippen LogP contribution >= 0.6 is 0 Å². The summed E-state index contributed by atoms with van der Waals surface area (Å²) in [4.78, 5) is 21.8. The van der Waals surface area contributed by atoms with Crippen molar-refractivity contribution in [3.05, 3.63) is 53.1 Å². The Balaban J connectivity index is 1.26. The number of carbonyl (C=O) groups is 1. The van der Waals surface area contributed by atoms with Crippen LogP contribution in [0.3, 0.4) is 0 Å². The molecule has 3 aliphatic rings. The second-order valence-electron chi connectivity index (χ2n) is 8.35. The molecule has 2 aromatic rings.